The number of Topliss-reactive ketones (excluding diaryl/α,β-unsaturated/α-hetero) is 1. The fourth-order valence-electron chi connectivity index (χ4n) is 0.144. The first-order valence-corrected chi connectivity index (χ1v) is 2.34. The van der Waals surface area contributed by atoms with Gasteiger partial charge in [-0.05, 0) is 13.8 Å². The van der Waals surface area contributed by atoms with Gasteiger partial charge in [-0.25, -0.2) is 0 Å². The average molecular weight is 154 g/mol. The van der Waals surface area contributed by atoms with Gasteiger partial charge in [-0.1, -0.05) is 0 Å². The van der Waals surface area contributed by atoms with Crippen molar-refractivity contribution in [2.45, 2.75) is 19.4 Å². The van der Waals surface area contributed by atoms with Crippen LogP contribution in [0.15, 0.2) is 0 Å². The predicted molar refractivity (Wildman–Crippen MR) is 26.3 cm³/mol. The minimum atomic E-state index is -2.33. The maximum Gasteiger partial charge on any atom is 1.00 e. The summed E-state index contributed by atoms with van der Waals surface area (Å²) in [4.78, 5) is 20.1. The molecule has 0 heterocycles. The van der Waals surface area contributed by atoms with Crippen molar-refractivity contribution in [2.75, 3.05) is 0 Å². The van der Waals surface area contributed by atoms with E-state index in [0.29, 0.717) is 0 Å². The van der Waals surface area contributed by atoms with Crippen LogP contribution >= 0.6 is 0 Å². The fraction of sp³-hybridized carbons (Fsp3) is 0.600. The van der Waals surface area contributed by atoms with Gasteiger partial charge < -0.3 is 15.0 Å². The van der Waals surface area contributed by atoms with E-state index in [9.17, 15) is 14.7 Å². The number of carbonyl (C=O) groups excluding carboxylic acids is 2. The summed E-state index contributed by atoms with van der Waals surface area (Å²) in [6, 6.07) is 0. The zero-order valence-electron chi connectivity index (χ0n) is 6.17. The molecule has 0 aliphatic heterocycles. The topological polar surface area (TPSA) is 77.4 Å². The van der Waals surface area contributed by atoms with Crippen molar-refractivity contribution in [2.24, 2.45) is 0 Å². The van der Waals surface area contributed by atoms with Gasteiger partial charge in [0.05, 0.1) is 5.97 Å². The molecule has 4 nitrogen and oxygen atoms in total. The molecule has 0 aromatic rings. The molecule has 0 saturated heterocycles. The maximum absolute atomic E-state index is 10.2. The van der Waals surface area contributed by atoms with Crippen molar-refractivity contribution >= 4 is 11.8 Å². The molecule has 0 fully saturated rings. The Kier molecular flexibility index (Phi) is 5.20. The van der Waals surface area contributed by atoms with Crippen LogP contribution in [-0.4, -0.2) is 22.5 Å². The van der Waals surface area contributed by atoms with E-state index in [2.05, 4.69) is 0 Å². The Morgan fingerprint density at radius 1 is 1.50 bits per heavy atom. The SMILES string of the molecule is CC(=O)C(C)(O)C(=O)[O-].[Na+]. The van der Waals surface area contributed by atoms with Crippen molar-refractivity contribution in [3.8, 4) is 0 Å². The summed E-state index contributed by atoms with van der Waals surface area (Å²) in [5.74, 6) is -2.60. The van der Waals surface area contributed by atoms with E-state index in [1.165, 1.54) is 0 Å². The normalized spacial score (nSPS) is 14.7. The summed E-state index contributed by atoms with van der Waals surface area (Å²) in [6.45, 7) is 1.86. The molecule has 0 spiro atoms. The third-order valence-electron chi connectivity index (χ3n) is 1.08. The van der Waals surface area contributed by atoms with Crippen LogP contribution in [0.5, 0.6) is 0 Å². The number of aliphatic carboxylic acids is 1. The number of hydrogen-bond donors (Lipinski definition) is 1. The molecule has 0 aliphatic carbocycles. The van der Waals surface area contributed by atoms with Crippen molar-refractivity contribution in [1.29, 1.82) is 0 Å². The third kappa shape index (κ3) is 2.79. The smallest absolute Gasteiger partial charge is 0.547 e. The molecule has 0 bridgehead atoms. The molecule has 1 N–H and O–H groups in total. The van der Waals surface area contributed by atoms with Gasteiger partial charge in [-0.15, -0.1) is 0 Å². The van der Waals surface area contributed by atoms with Crippen LogP contribution in [0, 0.1) is 0 Å². The number of carboxylic acid groups (broad SMARTS) is 1. The Labute approximate surface area is 80.5 Å². The van der Waals surface area contributed by atoms with Crippen LogP contribution in [0.4, 0.5) is 0 Å². The molecule has 52 valence electrons. The Balaban J connectivity index is 0. The fourth-order valence-corrected chi connectivity index (χ4v) is 0.144. The van der Waals surface area contributed by atoms with Crippen LogP contribution in [-0.2, 0) is 9.59 Å². The van der Waals surface area contributed by atoms with E-state index in [4.69, 9.17) is 5.11 Å². The monoisotopic (exact) mass is 154 g/mol. The zero-order valence-corrected chi connectivity index (χ0v) is 8.17. The quantitative estimate of drug-likeness (QED) is 0.319. The molecule has 1 atom stereocenters. The van der Waals surface area contributed by atoms with Gasteiger partial charge in [0.2, 0.25) is 0 Å². The number of aliphatic hydroxyl groups is 1. The number of hydrogen-bond acceptors (Lipinski definition) is 4. The maximum atomic E-state index is 10.2. The number of rotatable bonds is 2. The van der Waals surface area contributed by atoms with Gasteiger partial charge in [-0.3, -0.25) is 4.79 Å². The molecule has 0 aromatic carbocycles. The molecule has 0 rings (SSSR count). The molecule has 0 amide bonds. The second kappa shape index (κ2) is 4.08. The molecule has 0 radical (unpaired) electrons. The molecule has 0 saturated carbocycles. The minimum Gasteiger partial charge on any atom is -0.547 e. The first-order valence-electron chi connectivity index (χ1n) is 2.34. The van der Waals surface area contributed by atoms with Gasteiger partial charge in [0, 0.05) is 0 Å². The first-order chi connectivity index (χ1) is 3.89. The Morgan fingerprint density at radius 2 is 1.80 bits per heavy atom. The first kappa shape index (κ1) is 12.7. The van der Waals surface area contributed by atoms with Gasteiger partial charge in [0.15, 0.2) is 11.4 Å². The predicted octanol–water partition coefficient (Wildman–Crippen LogP) is -4.92. The zero-order chi connectivity index (χ0) is 7.65. The summed E-state index contributed by atoms with van der Waals surface area (Å²) in [7, 11) is 0. The van der Waals surface area contributed by atoms with Gasteiger partial charge >= 0.3 is 29.6 Å². The van der Waals surface area contributed by atoms with Crippen LogP contribution in [0.1, 0.15) is 13.8 Å². The van der Waals surface area contributed by atoms with Gasteiger partial charge in [0.25, 0.3) is 0 Å². The molecular weight excluding hydrogens is 147 g/mol. The van der Waals surface area contributed by atoms with Crippen molar-refractivity contribution in [1.82, 2.24) is 0 Å². The van der Waals surface area contributed by atoms with Crippen LogP contribution in [0.3, 0.4) is 0 Å². The van der Waals surface area contributed by atoms with Gasteiger partial charge in [0.1, 0.15) is 0 Å². The second-order valence-corrected chi connectivity index (χ2v) is 1.92. The third-order valence-corrected chi connectivity index (χ3v) is 1.08. The van der Waals surface area contributed by atoms with Crippen LogP contribution in [0.25, 0.3) is 0 Å². The summed E-state index contributed by atoms with van der Waals surface area (Å²) in [5, 5.41) is 18.5. The molecular formula is C5H7NaO4. The van der Waals surface area contributed by atoms with E-state index in [1.807, 2.05) is 0 Å². The molecule has 10 heavy (non-hydrogen) atoms. The van der Waals surface area contributed by atoms with Gasteiger partial charge in [-0.2, -0.15) is 0 Å². The minimum absolute atomic E-state index is 0. The summed E-state index contributed by atoms with van der Waals surface area (Å²) < 4.78 is 0. The summed E-state index contributed by atoms with van der Waals surface area (Å²) >= 11 is 0. The number of carboxylic acids is 1. The Morgan fingerprint density at radius 3 is 1.80 bits per heavy atom. The summed E-state index contributed by atoms with van der Waals surface area (Å²) in [5.41, 5.74) is -2.33. The second-order valence-electron chi connectivity index (χ2n) is 1.92. The number of carbonyl (C=O) groups is 2. The van der Waals surface area contributed by atoms with E-state index in [-0.39, 0.29) is 29.6 Å². The molecule has 1 unspecified atom stereocenters. The average Bonchev–Trinajstić information content (AvgIpc) is 1.65. The Hall–Kier alpha value is 0.100. The van der Waals surface area contributed by atoms with E-state index < -0.39 is 17.4 Å². The van der Waals surface area contributed by atoms with Crippen molar-refractivity contribution in [3.63, 3.8) is 0 Å². The summed E-state index contributed by atoms with van der Waals surface area (Å²) in [6.07, 6.45) is 0. The molecule has 0 aromatic heterocycles. The standard InChI is InChI=1S/C5H8O4.Na/c1-3(6)5(2,9)4(7)8;/h9H,1-2H3,(H,7,8);/q;+1/p-1. The van der Waals surface area contributed by atoms with Crippen LogP contribution in [0.2, 0.25) is 0 Å². The largest absolute Gasteiger partial charge is 1.00 e. The van der Waals surface area contributed by atoms with E-state index >= 15 is 0 Å². The molecule has 5 heteroatoms. The van der Waals surface area contributed by atoms with Crippen LogP contribution < -0.4 is 34.7 Å². The van der Waals surface area contributed by atoms with Crippen molar-refractivity contribution in [3.05, 3.63) is 0 Å². The van der Waals surface area contributed by atoms with E-state index in [0.717, 1.165) is 13.8 Å². The number of ketones is 1. The van der Waals surface area contributed by atoms with E-state index in [1.54, 1.807) is 0 Å². The van der Waals surface area contributed by atoms with Crippen molar-refractivity contribution < 1.29 is 49.4 Å². The Bertz CT molecular complexity index is 136. The molecule has 0 aliphatic rings.